The molecule has 4 aromatic rings. The third-order valence-corrected chi connectivity index (χ3v) is 9.59. The first-order valence-corrected chi connectivity index (χ1v) is 14.9. The van der Waals surface area contributed by atoms with Gasteiger partial charge in [-0.25, -0.2) is 9.69 Å². The van der Waals surface area contributed by atoms with Crippen molar-refractivity contribution in [2.75, 3.05) is 11.5 Å². The predicted octanol–water partition coefficient (Wildman–Crippen LogP) is 5.30. The van der Waals surface area contributed by atoms with Gasteiger partial charge in [-0.1, -0.05) is 71.1 Å². The molecule has 3 atom stereocenters. The van der Waals surface area contributed by atoms with Crippen LogP contribution in [0.3, 0.4) is 0 Å². The summed E-state index contributed by atoms with van der Waals surface area (Å²) in [6, 6.07) is 21.8. The van der Waals surface area contributed by atoms with Gasteiger partial charge in [-0.05, 0) is 49.7 Å². The molecule has 0 bridgehead atoms. The van der Waals surface area contributed by atoms with Crippen LogP contribution in [0.2, 0.25) is 0 Å². The average Bonchev–Trinajstić information content (AvgIpc) is 3.46. The maximum Gasteiger partial charge on any atom is 0.338 e. The number of carbonyl (C=O) groups excluding carboxylic acids is 3. The van der Waals surface area contributed by atoms with Crippen molar-refractivity contribution >= 4 is 46.6 Å². The number of ether oxygens (including phenoxy) is 2. The van der Waals surface area contributed by atoms with E-state index in [1.165, 1.54) is 16.7 Å². The summed E-state index contributed by atoms with van der Waals surface area (Å²) in [5.74, 6) is -1.92. The van der Waals surface area contributed by atoms with Crippen molar-refractivity contribution < 1.29 is 23.9 Å². The molecule has 0 spiro atoms. The second-order valence-corrected chi connectivity index (χ2v) is 12.0. The van der Waals surface area contributed by atoms with Crippen LogP contribution in [0.25, 0.3) is 0 Å². The van der Waals surface area contributed by atoms with Gasteiger partial charge in [0.25, 0.3) is 0 Å². The molecule has 10 heteroatoms. The molecule has 1 aromatic heterocycles. The summed E-state index contributed by atoms with van der Waals surface area (Å²) < 4.78 is 11.3. The molecule has 2 aliphatic rings. The first-order valence-electron chi connectivity index (χ1n) is 13.2. The number of anilines is 1. The lowest BCUT2D eigenvalue weighted by atomic mass is 9.82. The van der Waals surface area contributed by atoms with Gasteiger partial charge in [0.1, 0.15) is 17.6 Å². The first-order chi connectivity index (χ1) is 19.9. The molecule has 0 aliphatic carbocycles. The van der Waals surface area contributed by atoms with Gasteiger partial charge >= 0.3 is 10.8 Å². The van der Waals surface area contributed by atoms with Crippen LogP contribution < -0.4 is 14.5 Å². The number of imide groups is 1. The fraction of sp³-hybridized carbons (Fsp3) is 0.226. The zero-order valence-electron chi connectivity index (χ0n) is 22.3. The van der Waals surface area contributed by atoms with Crippen molar-refractivity contribution in [2.24, 2.45) is 5.92 Å². The van der Waals surface area contributed by atoms with E-state index in [-0.39, 0.29) is 23.3 Å². The topological polar surface area (TPSA) is 106 Å². The van der Waals surface area contributed by atoms with E-state index in [2.05, 4.69) is 11.1 Å². The van der Waals surface area contributed by atoms with E-state index in [1.807, 2.05) is 49.4 Å². The van der Waals surface area contributed by atoms with Gasteiger partial charge in [0.2, 0.25) is 11.8 Å². The molecule has 1 fully saturated rings. The molecule has 6 rings (SSSR count). The smallest absolute Gasteiger partial charge is 0.338 e. The van der Waals surface area contributed by atoms with Gasteiger partial charge in [0.05, 0.1) is 28.8 Å². The summed E-state index contributed by atoms with van der Waals surface area (Å²) in [6.45, 7) is 4.32. The number of aryl methyl sites for hydroxylation is 1. The van der Waals surface area contributed by atoms with E-state index in [0.29, 0.717) is 33.5 Å². The van der Waals surface area contributed by atoms with Gasteiger partial charge in [-0.3, -0.25) is 14.4 Å². The number of aromatic amines is 1. The summed E-state index contributed by atoms with van der Waals surface area (Å²) in [4.78, 5) is 57.0. The van der Waals surface area contributed by atoms with Crippen LogP contribution in [-0.4, -0.2) is 34.6 Å². The zero-order valence-corrected chi connectivity index (χ0v) is 23.9. The molecule has 1 N–H and O–H groups in total. The number of nitrogens with zero attached hydrogens (tertiary/aromatic N) is 1. The van der Waals surface area contributed by atoms with E-state index >= 15 is 0 Å². The highest BCUT2D eigenvalue weighted by Crippen LogP contribution is 2.54. The quantitative estimate of drug-likeness (QED) is 0.232. The number of thiazole rings is 1. The van der Waals surface area contributed by atoms with Crippen LogP contribution in [0.1, 0.15) is 44.8 Å². The molecule has 2 amide bonds. The number of fused-ring (bicyclic) bond motifs is 2. The normalized spacial score (nSPS) is 19.6. The number of nitrogens with one attached hydrogen (secondary N) is 1. The zero-order chi connectivity index (χ0) is 28.7. The minimum absolute atomic E-state index is 0.239. The Kier molecular flexibility index (Phi) is 7.27. The number of para-hydroxylation sites is 1. The number of aromatic nitrogens is 1. The van der Waals surface area contributed by atoms with Crippen LogP contribution >= 0.6 is 23.1 Å². The third-order valence-electron chi connectivity index (χ3n) is 7.19. The highest BCUT2D eigenvalue weighted by Gasteiger charge is 2.56. The SMILES string of the molecule is CCOC(=O)c1ccc(N2C(=O)[C@H]3[C@H](c4ccccc4OCc4cccc(C)c4)c4sc(=O)[nH]c4S[C@H]3C2=O)cc1. The van der Waals surface area contributed by atoms with Crippen molar-refractivity contribution in [1.82, 2.24) is 4.98 Å². The largest absolute Gasteiger partial charge is 0.489 e. The van der Waals surface area contributed by atoms with Crippen molar-refractivity contribution in [1.29, 1.82) is 0 Å². The Bertz CT molecular complexity index is 1710. The molecule has 8 nitrogen and oxygen atoms in total. The Morgan fingerprint density at radius 1 is 0.976 bits per heavy atom. The Balaban J connectivity index is 1.37. The summed E-state index contributed by atoms with van der Waals surface area (Å²) in [5, 5.41) is -0.139. The van der Waals surface area contributed by atoms with Crippen LogP contribution in [0, 0.1) is 12.8 Å². The molecule has 208 valence electrons. The molecular weight excluding hydrogens is 560 g/mol. The Morgan fingerprint density at radius 2 is 1.76 bits per heavy atom. The van der Waals surface area contributed by atoms with E-state index in [4.69, 9.17) is 9.47 Å². The fourth-order valence-corrected chi connectivity index (χ4v) is 7.91. The number of carbonyl (C=O) groups is 3. The van der Waals surface area contributed by atoms with Crippen molar-refractivity contribution in [3.8, 4) is 5.75 Å². The number of H-pyrrole nitrogens is 1. The maximum atomic E-state index is 14.1. The molecular formula is C31H26N2O6S2. The summed E-state index contributed by atoms with van der Waals surface area (Å²) in [5.41, 5.74) is 3.58. The van der Waals surface area contributed by atoms with Crippen LogP contribution in [0.15, 0.2) is 82.6 Å². The summed E-state index contributed by atoms with van der Waals surface area (Å²) >= 11 is 2.27. The van der Waals surface area contributed by atoms with Crippen molar-refractivity contribution in [3.63, 3.8) is 0 Å². The minimum Gasteiger partial charge on any atom is -0.489 e. The average molecular weight is 587 g/mol. The second-order valence-electron chi connectivity index (χ2n) is 9.84. The molecule has 41 heavy (non-hydrogen) atoms. The lowest BCUT2D eigenvalue weighted by Gasteiger charge is -2.30. The number of hydrogen-bond acceptors (Lipinski definition) is 8. The molecule has 0 saturated carbocycles. The Labute approximate surface area is 244 Å². The van der Waals surface area contributed by atoms with Crippen molar-refractivity contribution in [2.45, 2.75) is 36.6 Å². The van der Waals surface area contributed by atoms with Gasteiger partial charge < -0.3 is 14.5 Å². The Hall–Kier alpha value is -4.15. The molecule has 0 radical (unpaired) electrons. The highest BCUT2D eigenvalue weighted by molar-refractivity contribution is 8.00. The fourth-order valence-electron chi connectivity index (χ4n) is 5.40. The van der Waals surface area contributed by atoms with E-state index < -0.39 is 23.1 Å². The number of amides is 2. The molecule has 3 heterocycles. The van der Waals surface area contributed by atoms with Gasteiger partial charge in [-0.2, -0.15) is 0 Å². The van der Waals surface area contributed by atoms with Gasteiger partial charge in [0, 0.05) is 16.4 Å². The summed E-state index contributed by atoms with van der Waals surface area (Å²) in [6.07, 6.45) is 0. The number of thioether (sulfide) groups is 1. The van der Waals surface area contributed by atoms with E-state index in [9.17, 15) is 19.2 Å². The number of hydrogen-bond donors (Lipinski definition) is 1. The summed E-state index contributed by atoms with van der Waals surface area (Å²) in [7, 11) is 0. The van der Waals surface area contributed by atoms with Crippen LogP contribution in [0.4, 0.5) is 5.69 Å². The molecule has 0 unspecified atom stereocenters. The number of benzene rings is 3. The standard InChI is InChI=1S/C31H26N2O6S2/c1-3-38-30(36)19-11-13-20(14-12-19)33-28(34)24-23(25-27(32-31(37)41-25)40-26(24)29(33)35)21-9-4-5-10-22(21)39-16-18-8-6-7-17(2)15-18/h4-15,23-24,26H,3,16H2,1-2H3,(H,32,37)/t23-,24-,26+/m0/s1. The third kappa shape index (κ3) is 4.98. The Morgan fingerprint density at radius 3 is 2.51 bits per heavy atom. The monoisotopic (exact) mass is 586 g/mol. The first kappa shape index (κ1) is 27.0. The number of esters is 1. The lowest BCUT2D eigenvalue weighted by molar-refractivity contribution is -0.122. The predicted molar refractivity (Wildman–Crippen MR) is 157 cm³/mol. The number of rotatable bonds is 7. The molecule has 3 aromatic carbocycles. The highest BCUT2D eigenvalue weighted by atomic mass is 32.2. The minimum atomic E-state index is -0.750. The second kappa shape index (κ2) is 11.0. The lowest BCUT2D eigenvalue weighted by Crippen LogP contribution is -2.32. The van der Waals surface area contributed by atoms with E-state index in [1.54, 1.807) is 31.2 Å². The van der Waals surface area contributed by atoms with Crippen LogP contribution in [0.5, 0.6) is 5.75 Å². The van der Waals surface area contributed by atoms with Crippen molar-refractivity contribution in [3.05, 3.63) is 110 Å². The van der Waals surface area contributed by atoms with Gasteiger partial charge in [-0.15, -0.1) is 0 Å². The van der Waals surface area contributed by atoms with Gasteiger partial charge in [0.15, 0.2) is 0 Å². The maximum absolute atomic E-state index is 14.1. The molecule has 2 aliphatic heterocycles. The van der Waals surface area contributed by atoms with E-state index in [0.717, 1.165) is 28.0 Å². The molecule has 1 saturated heterocycles. The van der Waals surface area contributed by atoms with Crippen LogP contribution in [-0.2, 0) is 20.9 Å².